The van der Waals surface area contributed by atoms with Crippen molar-refractivity contribution in [1.82, 2.24) is 15.5 Å². The van der Waals surface area contributed by atoms with Crippen molar-refractivity contribution >= 4 is 17.3 Å². The van der Waals surface area contributed by atoms with Crippen molar-refractivity contribution in [2.24, 2.45) is 0 Å². The average Bonchev–Trinajstić information content (AvgIpc) is 2.72. The van der Waals surface area contributed by atoms with E-state index in [1.54, 1.807) is 14.2 Å². The van der Waals surface area contributed by atoms with E-state index in [1.807, 2.05) is 0 Å². The number of thiocarbonyl (C=S) groups is 1. The monoisotopic (exact) mass is 427 g/mol. The molecule has 0 bridgehead atoms. The van der Waals surface area contributed by atoms with Gasteiger partial charge in [-0.1, -0.05) is 30.3 Å². The van der Waals surface area contributed by atoms with Gasteiger partial charge < -0.3 is 20.1 Å². The van der Waals surface area contributed by atoms with Crippen LogP contribution in [-0.4, -0.2) is 42.9 Å². The number of ether oxygens (including phenoxy) is 2. The second kappa shape index (κ2) is 10.1. The molecule has 1 heterocycles. The molecule has 2 N–H and O–H groups in total. The molecule has 0 amide bonds. The van der Waals surface area contributed by atoms with Gasteiger partial charge in [-0.25, -0.2) is 0 Å². The fourth-order valence-corrected chi connectivity index (χ4v) is 4.62. The van der Waals surface area contributed by atoms with Crippen LogP contribution in [0.4, 0.5) is 0 Å². The smallest absolute Gasteiger partial charge is 0.166 e. The highest BCUT2D eigenvalue weighted by molar-refractivity contribution is 7.80. The summed E-state index contributed by atoms with van der Waals surface area (Å²) in [6, 6.07) is 15.4. The lowest BCUT2D eigenvalue weighted by molar-refractivity contribution is 0.149. The van der Waals surface area contributed by atoms with Gasteiger partial charge in [-0.3, -0.25) is 4.90 Å². The first kappa shape index (κ1) is 22.4. The van der Waals surface area contributed by atoms with Crippen LogP contribution in [0.15, 0.2) is 42.5 Å². The normalized spacial score (nSPS) is 17.2. The molecule has 5 nitrogen and oxygen atoms in total. The van der Waals surface area contributed by atoms with E-state index in [1.165, 1.54) is 16.7 Å². The van der Waals surface area contributed by atoms with Crippen molar-refractivity contribution in [2.75, 3.05) is 20.8 Å². The van der Waals surface area contributed by atoms with Crippen molar-refractivity contribution in [3.8, 4) is 11.5 Å². The van der Waals surface area contributed by atoms with E-state index in [0.29, 0.717) is 11.2 Å². The molecule has 2 aromatic carbocycles. The summed E-state index contributed by atoms with van der Waals surface area (Å²) in [5.41, 5.74) is 3.88. The van der Waals surface area contributed by atoms with Crippen LogP contribution < -0.4 is 20.1 Å². The number of nitrogens with zero attached hydrogens (tertiary/aromatic N) is 1. The van der Waals surface area contributed by atoms with E-state index in [4.69, 9.17) is 21.7 Å². The lowest BCUT2D eigenvalue weighted by atomic mass is 9.87. The molecule has 6 heteroatoms. The van der Waals surface area contributed by atoms with Crippen LogP contribution in [0.5, 0.6) is 11.5 Å². The highest BCUT2D eigenvalue weighted by Crippen LogP contribution is 2.40. The van der Waals surface area contributed by atoms with E-state index in [9.17, 15) is 0 Å². The summed E-state index contributed by atoms with van der Waals surface area (Å²) in [7, 11) is 3.37. The summed E-state index contributed by atoms with van der Waals surface area (Å²) in [5.74, 6) is 1.54. The standard InChI is InChI=1S/C24H33N3O2S/c1-16(2)25-24(30)26-17(3)23-20-14-22(29-5)21(28-4)13-19(20)11-12-27(23)15-18-9-7-6-8-10-18/h6-10,13-14,16-17,23H,11-12,15H2,1-5H3,(H2,25,26,30)/t17-,23+/m1/s1. The predicted octanol–water partition coefficient (Wildman–Crippen LogP) is 4.06. The largest absolute Gasteiger partial charge is 0.493 e. The zero-order valence-electron chi connectivity index (χ0n) is 18.6. The number of benzene rings is 2. The zero-order valence-corrected chi connectivity index (χ0v) is 19.4. The quantitative estimate of drug-likeness (QED) is 0.650. The molecule has 0 unspecified atom stereocenters. The van der Waals surface area contributed by atoms with Gasteiger partial charge in [0.1, 0.15) is 0 Å². The maximum Gasteiger partial charge on any atom is 0.166 e. The minimum Gasteiger partial charge on any atom is -0.493 e. The molecule has 0 spiro atoms. The minimum atomic E-state index is 0.115. The van der Waals surface area contributed by atoms with Crippen LogP contribution in [0.25, 0.3) is 0 Å². The molecule has 1 aliphatic heterocycles. The van der Waals surface area contributed by atoms with Gasteiger partial charge in [0.05, 0.1) is 20.3 Å². The Kier molecular flexibility index (Phi) is 7.56. The molecule has 0 radical (unpaired) electrons. The highest BCUT2D eigenvalue weighted by Gasteiger charge is 2.33. The van der Waals surface area contributed by atoms with Crippen LogP contribution >= 0.6 is 12.2 Å². The van der Waals surface area contributed by atoms with Gasteiger partial charge in [0, 0.05) is 25.2 Å². The summed E-state index contributed by atoms with van der Waals surface area (Å²) in [6.45, 7) is 8.23. The first-order valence-corrected chi connectivity index (χ1v) is 10.9. The molecule has 0 fully saturated rings. The Labute approximate surface area is 185 Å². The molecule has 0 aromatic heterocycles. The number of nitrogens with one attached hydrogen (secondary N) is 2. The maximum absolute atomic E-state index is 5.62. The van der Waals surface area contributed by atoms with Crippen molar-refractivity contribution in [1.29, 1.82) is 0 Å². The Bertz CT molecular complexity index is 857. The number of hydrogen-bond donors (Lipinski definition) is 2. The van der Waals surface area contributed by atoms with E-state index in [-0.39, 0.29) is 12.1 Å². The van der Waals surface area contributed by atoms with Crippen LogP contribution in [0.2, 0.25) is 0 Å². The van der Waals surface area contributed by atoms with Crippen LogP contribution in [0, 0.1) is 0 Å². The second-order valence-electron chi connectivity index (χ2n) is 8.12. The van der Waals surface area contributed by atoms with Crippen molar-refractivity contribution < 1.29 is 9.47 Å². The van der Waals surface area contributed by atoms with Gasteiger partial charge in [0.25, 0.3) is 0 Å². The van der Waals surface area contributed by atoms with Crippen molar-refractivity contribution in [2.45, 2.75) is 51.9 Å². The molecule has 2 atom stereocenters. The topological polar surface area (TPSA) is 45.8 Å². The molecular formula is C24H33N3O2S. The lowest BCUT2D eigenvalue weighted by Gasteiger charge is -2.41. The van der Waals surface area contributed by atoms with Gasteiger partial charge in [-0.05, 0) is 68.2 Å². The predicted molar refractivity (Wildman–Crippen MR) is 126 cm³/mol. The third kappa shape index (κ3) is 5.24. The van der Waals surface area contributed by atoms with E-state index in [0.717, 1.165) is 31.0 Å². The zero-order chi connectivity index (χ0) is 21.7. The Morgan fingerprint density at radius 3 is 2.37 bits per heavy atom. The number of hydrogen-bond acceptors (Lipinski definition) is 4. The first-order valence-electron chi connectivity index (χ1n) is 10.5. The molecule has 3 rings (SSSR count). The summed E-state index contributed by atoms with van der Waals surface area (Å²) >= 11 is 5.55. The van der Waals surface area contributed by atoms with Crippen molar-refractivity contribution in [3.63, 3.8) is 0 Å². The Morgan fingerprint density at radius 2 is 1.73 bits per heavy atom. The average molecular weight is 428 g/mol. The van der Waals surface area contributed by atoms with Gasteiger partial charge in [-0.2, -0.15) is 0 Å². The molecule has 162 valence electrons. The second-order valence-corrected chi connectivity index (χ2v) is 8.53. The summed E-state index contributed by atoms with van der Waals surface area (Å²) in [5, 5.41) is 7.49. The van der Waals surface area contributed by atoms with Crippen LogP contribution in [0.1, 0.15) is 43.5 Å². The molecule has 0 saturated carbocycles. The van der Waals surface area contributed by atoms with Crippen molar-refractivity contribution in [3.05, 3.63) is 59.2 Å². The van der Waals surface area contributed by atoms with E-state index in [2.05, 4.69) is 78.8 Å². The van der Waals surface area contributed by atoms with Gasteiger partial charge in [0.15, 0.2) is 16.6 Å². The van der Waals surface area contributed by atoms with E-state index < -0.39 is 0 Å². The summed E-state index contributed by atoms with van der Waals surface area (Å²) < 4.78 is 11.2. The summed E-state index contributed by atoms with van der Waals surface area (Å²) in [4.78, 5) is 2.53. The summed E-state index contributed by atoms with van der Waals surface area (Å²) in [6.07, 6.45) is 0.973. The third-order valence-corrected chi connectivity index (χ3v) is 5.74. The Morgan fingerprint density at radius 1 is 1.07 bits per heavy atom. The molecule has 30 heavy (non-hydrogen) atoms. The Balaban J connectivity index is 1.95. The molecular weight excluding hydrogens is 394 g/mol. The number of rotatable bonds is 7. The number of methoxy groups -OCH3 is 2. The highest BCUT2D eigenvalue weighted by atomic mass is 32.1. The van der Waals surface area contributed by atoms with Crippen LogP contribution in [0.3, 0.4) is 0 Å². The molecule has 2 aromatic rings. The van der Waals surface area contributed by atoms with Crippen LogP contribution in [-0.2, 0) is 13.0 Å². The first-order chi connectivity index (χ1) is 14.4. The minimum absolute atomic E-state index is 0.115. The fraction of sp³-hybridized carbons (Fsp3) is 0.458. The van der Waals surface area contributed by atoms with Gasteiger partial charge in [0.2, 0.25) is 0 Å². The number of fused-ring (bicyclic) bond motifs is 1. The molecule has 1 aliphatic rings. The Hall–Kier alpha value is -2.31. The SMILES string of the molecule is COc1cc2c(cc1OC)[C@H]([C@@H](C)NC(=S)NC(C)C)N(Cc1ccccc1)CC2. The lowest BCUT2D eigenvalue weighted by Crippen LogP contribution is -2.50. The fourth-order valence-electron chi connectivity index (χ4n) is 4.20. The van der Waals surface area contributed by atoms with Gasteiger partial charge in [-0.15, -0.1) is 0 Å². The van der Waals surface area contributed by atoms with E-state index >= 15 is 0 Å². The molecule has 0 aliphatic carbocycles. The maximum atomic E-state index is 5.62. The van der Waals surface area contributed by atoms with Gasteiger partial charge >= 0.3 is 0 Å². The molecule has 0 saturated heterocycles. The third-order valence-electron chi connectivity index (χ3n) is 5.51.